The fourth-order valence-electron chi connectivity index (χ4n) is 3.30. The molecule has 2 aromatic rings. The fourth-order valence-corrected chi connectivity index (χ4v) is 3.30. The van der Waals surface area contributed by atoms with Crippen molar-refractivity contribution in [2.75, 3.05) is 23.6 Å². The van der Waals surface area contributed by atoms with E-state index in [1.807, 2.05) is 31.2 Å². The predicted octanol–water partition coefficient (Wildman–Crippen LogP) is 2.51. The topological polar surface area (TPSA) is 79.9 Å². The number of urea groups is 1. The van der Waals surface area contributed by atoms with E-state index in [-0.39, 0.29) is 18.7 Å². The number of anilines is 2. The number of carbonyl (C=O) groups is 2. The number of benzene rings is 2. The second-order valence-electron chi connectivity index (χ2n) is 6.11. The normalized spacial score (nSPS) is 17.0. The molecular weight excluding hydrogens is 334 g/mol. The first-order valence-corrected chi connectivity index (χ1v) is 8.53. The lowest BCUT2D eigenvalue weighted by Crippen LogP contribution is -2.49. The summed E-state index contributed by atoms with van der Waals surface area (Å²) in [7, 11) is 0. The molecule has 0 aliphatic carbocycles. The molecule has 7 heteroatoms. The molecule has 0 aromatic heterocycles. The van der Waals surface area contributed by atoms with Crippen LogP contribution in [0.3, 0.4) is 0 Å². The van der Waals surface area contributed by atoms with Gasteiger partial charge in [-0.25, -0.2) is 4.79 Å². The van der Waals surface area contributed by atoms with Crippen molar-refractivity contribution in [3.8, 4) is 11.5 Å². The van der Waals surface area contributed by atoms with Crippen LogP contribution >= 0.6 is 0 Å². The number of carbonyl (C=O) groups excluding carboxylic acids is 2. The minimum atomic E-state index is -0.568. The minimum absolute atomic E-state index is 0.162. The van der Waals surface area contributed by atoms with Crippen LogP contribution in [0.4, 0.5) is 16.2 Å². The third-order valence-electron chi connectivity index (χ3n) is 4.47. The molecule has 0 unspecified atom stereocenters. The molecule has 0 radical (unpaired) electrons. The second kappa shape index (κ2) is 6.59. The van der Waals surface area contributed by atoms with Gasteiger partial charge in [0.2, 0.25) is 12.7 Å². The molecule has 2 aromatic carbocycles. The van der Waals surface area contributed by atoms with Gasteiger partial charge in [-0.3, -0.25) is 9.69 Å². The second-order valence-corrected chi connectivity index (χ2v) is 6.11. The summed E-state index contributed by atoms with van der Waals surface area (Å²) < 4.78 is 10.6. The number of fused-ring (bicyclic) bond motifs is 2. The average Bonchev–Trinajstić information content (AvgIpc) is 3.25. The predicted molar refractivity (Wildman–Crippen MR) is 96.7 cm³/mol. The van der Waals surface area contributed by atoms with Gasteiger partial charge in [-0.05, 0) is 30.7 Å². The standard InChI is InChI=1S/C19H19N3O4/c1-2-20-18(23)15-9-12-5-3-4-6-14(12)22(15)19(24)21-13-7-8-16-17(10-13)26-11-25-16/h3-8,10,15H,2,9,11H2,1H3,(H,20,23)(H,21,24)/t15-/m0/s1. The van der Waals surface area contributed by atoms with Gasteiger partial charge < -0.3 is 20.1 Å². The number of nitrogens with zero attached hydrogens (tertiary/aromatic N) is 1. The van der Waals surface area contributed by atoms with Gasteiger partial charge in [0.25, 0.3) is 0 Å². The Morgan fingerprint density at radius 1 is 1.15 bits per heavy atom. The summed E-state index contributed by atoms with van der Waals surface area (Å²) in [6.07, 6.45) is 0.497. The Hall–Kier alpha value is -3.22. The highest BCUT2D eigenvalue weighted by molar-refractivity contribution is 6.08. The van der Waals surface area contributed by atoms with Crippen molar-refractivity contribution in [3.05, 3.63) is 48.0 Å². The molecule has 2 N–H and O–H groups in total. The van der Waals surface area contributed by atoms with Crippen molar-refractivity contribution >= 4 is 23.3 Å². The molecule has 4 rings (SSSR count). The zero-order valence-electron chi connectivity index (χ0n) is 14.3. The Morgan fingerprint density at radius 3 is 2.81 bits per heavy atom. The molecule has 26 heavy (non-hydrogen) atoms. The van der Waals surface area contributed by atoms with Crippen LogP contribution in [0.5, 0.6) is 11.5 Å². The van der Waals surface area contributed by atoms with E-state index in [1.165, 1.54) is 4.90 Å². The molecule has 2 aliphatic rings. The Balaban J connectivity index is 1.60. The number of rotatable bonds is 3. The molecule has 0 spiro atoms. The first-order valence-electron chi connectivity index (χ1n) is 8.53. The van der Waals surface area contributed by atoms with Crippen molar-refractivity contribution < 1.29 is 19.1 Å². The maximum Gasteiger partial charge on any atom is 0.327 e. The van der Waals surface area contributed by atoms with E-state index < -0.39 is 6.04 Å². The maximum atomic E-state index is 13.0. The van der Waals surface area contributed by atoms with Gasteiger partial charge in [0.05, 0.1) is 0 Å². The highest BCUT2D eigenvalue weighted by atomic mass is 16.7. The number of para-hydroxylation sites is 1. The summed E-state index contributed by atoms with van der Waals surface area (Å²) in [6, 6.07) is 11.8. The van der Waals surface area contributed by atoms with Gasteiger partial charge in [-0.1, -0.05) is 18.2 Å². The molecule has 1 atom stereocenters. The number of hydrogen-bond acceptors (Lipinski definition) is 4. The number of likely N-dealkylation sites (N-methyl/N-ethyl adjacent to an activating group) is 1. The quantitative estimate of drug-likeness (QED) is 0.889. The zero-order valence-corrected chi connectivity index (χ0v) is 14.3. The molecule has 7 nitrogen and oxygen atoms in total. The van der Waals surface area contributed by atoms with Gasteiger partial charge in [0.1, 0.15) is 6.04 Å². The third-order valence-corrected chi connectivity index (χ3v) is 4.47. The molecule has 3 amide bonds. The Labute approximate surface area is 150 Å². The summed E-state index contributed by atoms with van der Waals surface area (Å²) >= 11 is 0. The molecule has 134 valence electrons. The van der Waals surface area contributed by atoms with E-state index in [9.17, 15) is 9.59 Å². The van der Waals surface area contributed by atoms with Crippen molar-refractivity contribution in [1.29, 1.82) is 0 Å². The zero-order chi connectivity index (χ0) is 18.1. The summed E-state index contributed by atoms with van der Waals surface area (Å²) in [4.78, 5) is 26.9. The number of nitrogens with one attached hydrogen (secondary N) is 2. The van der Waals surface area contributed by atoms with E-state index in [0.717, 1.165) is 11.3 Å². The van der Waals surface area contributed by atoms with Crippen molar-refractivity contribution in [2.24, 2.45) is 0 Å². The lowest BCUT2D eigenvalue weighted by atomic mass is 10.1. The lowest BCUT2D eigenvalue weighted by molar-refractivity contribution is -0.122. The van der Waals surface area contributed by atoms with Gasteiger partial charge >= 0.3 is 6.03 Å². The van der Waals surface area contributed by atoms with Crippen molar-refractivity contribution in [3.63, 3.8) is 0 Å². The van der Waals surface area contributed by atoms with Crippen molar-refractivity contribution in [1.82, 2.24) is 5.32 Å². The molecule has 0 bridgehead atoms. The summed E-state index contributed by atoms with van der Waals surface area (Å²) in [6.45, 7) is 2.55. The highest BCUT2D eigenvalue weighted by Gasteiger charge is 2.38. The fraction of sp³-hybridized carbons (Fsp3) is 0.263. The summed E-state index contributed by atoms with van der Waals surface area (Å²) in [5.74, 6) is 1.07. The molecule has 2 heterocycles. The number of hydrogen-bond donors (Lipinski definition) is 2. The third kappa shape index (κ3) is 2.81. The van der Waals surface area contributed by atoms with Crippen LogP contribution < -0.4 is 25.0 Å². The summed E-state index contributed by atoms with van der Waals surface area (Å²) in [5, 5.41) is 5.66. The molecule has 0 saturated heterocycles. The van der Waals surface area contributed by atoms with Gasteiger partial charge in [-0.2, -0.15) is 0 Å². The van der Waals surface area contributed by atoms with Crippen LogP contribution in [0, 0.1) is 0 Å². The van der Waals surface area contributed by atoms with Crippen molar-refractivity contribution in [2.45, 2.75) is 19.4 Å². The molecular formula is C19H19N3O4. The number of amides is 3. The highest BCUT2D eigenvalue weighted by Crippen LogP contribution is 2.36. The van der Waals surface area contributed by atoms with E-state index in [4.69, 9.17) is 9.47 Å². The van der Waals surface area contributed by atoms with Crippen LogP contribution in [0.25, 0.3) is 0 Å². The van der Waals surface area contributed by atoms with Gasteiger partial charge in [0, 0.05) is 30.4 Å². The monoisotopic (exact) mass is 353 g/mol. The molecule has 0 saturated carbocycles. The average molecular weight is 353 g/mol. The Morgan fingerprint density at radius 2 is 1.96 bits per heavy atom. The van der Waals surface area contributed by atoms with Crippen LogP contribution in [0.15, 0.2) is 42.5 Å². The smallest absolute Gasteiger partial charge is 0.327 e. The van der Waals surface area contributed by atoms with E-state index in [1.54, 1.807) is 18.2 Å². The molecule has 0 fully saturated rings. The number of ether oxygens (including phenoxy) is 2. The van der Waals surface area contributed by atoms with Gasteiger partial charge in [-0.15, -0.1) is 0 Å². The Bertz CT molecular complexity index is 868. The van der Waals surface area contributed by atoms with Crippen LogP contribution in [-0.4, -0.2) is 31.3 Å². The van der Waals surface area contributed by atoms with Crippen LogP contribution in [0.1, 0.15) is 12.5 Å². The first-order chi connectivity index (χ1) is 12.7. The van der Waals surface area contributed by atoms with Gasteiger partial charge in [0.15, 0.2) is 11.5 Å². The lowest BCUT2D eigenvalue weighted by Gasteiger charge is -2.25. The SMILES string of the molecule is CCNC(=O)[C@@H]1Cc2ccccc2N1C(=O)Nc1ccc2c(c1)OCO2. The van der Waals surface area contributed by atoms with E-state index in [2.05, 4.69) is 10.6 Å². The Kier molecular flexibility index (Phi) is 4.12. The van der Waals surface area contributed by atoms with Crippen LogP contribution in [-0.2, 0) is 11.2 Å². The minimum Gasteiger partial charge on any atom is -0.454 e. The van der Waals surface area contributed by atoms with Crippen LogP contribution in [0.2, 0.25) is 0 Å². The van der Waals surface area contributed by atoms with E-state index in [0.29, 0.717) is 30.2 Å². The molecule has 2 aliphatic heterocycles. The maximum absolute atomic E-state index is 13.0. The largest absolute Gasteiger partial charge is 0.454 e. The van der Waals surface area contributed by atoms with E-state index >= 15 is 0 Å². The summed E-state index contributed by atoms with van der Waals surface area (Å²) in [5.41, 5.74) is 2.31. The first kappa shape index (κ1) is 16.3.